The van der Waals surface area contributed by atoms with Gasteiger partial charge < -0.3 is 10.4 Å². The summed E-state index contributed by atoms with van der Waals surface area (Å²) in [5.41, 5.74) is 0.237. The molecule has 3 nitrogen and oxygen atoms in total. The second-order valence-corrected chi connectivity index (χ2v) is 3.28. The van der Waals surface area contributed by atoms with Gasteiger partial charge in [0.1, 0.15) is 11.6 Å². The van der Waals surface area contributed by atoms with E-state index >= 15 is 0 Å². The molecule has 1 aromatic rings. The van der Waals surface area contributed by atoms with Gasteiger partial charge in [0, 0.05) is 18.3 Å². The predicted octanol–water partition coefficient (Wildman–Crippen LogP) is 2.10. The van der Waals surface area contributed by atoms with Crippen LogP contribution in [0.25, 0.3) is 0 Å². The van der Waals surface area contributed by atoms with Crippen LogP contribution in [-0.4, -0.2) is 17.6 Å². The van der Waals surface area contributed by atoms with Gasteiger partial charge in [-0.1, -0.05) is 6.92 Å². The summed E-state index contributed by atoms with van der Waals surface area (Å²) in [5, 5.41) is 11.2. The number of benzene rings is 1. The maximum absolute atomic E-state index is 12.7. The average Bonchev–Trinajstić information content (AvgIpc) is 2.12. The van der Waals surface area contributed by atoms with Gasteiger partial charge >= 0.3 is 5.97 Å². The number of anilines is 1. The van der Waals surface area contributed by atoms with E-state index in [0.29, 0.717) is 0 Å². The molecule has 1 aromatic carbocycles. The minimum absolute atomic E-state index is 0.123. The molecular weight excluding hydrogens is 204 g/mol. The van der Waals surface area contributed by atoms with E-state index in [9.17, 15) is 13.6 Å². The lowest BCUT2D eigenvalue weighted by Gasteiger charge is -2.09. The molecule has 2 N–H and O–H groups in total. The number of halogens is 2. The number of carboxylic acid groups (broad SMARTS) is 1. The van der Waals surface area contributed by atoms with Crippen molar-refractivity contribution in [2.24, 2.45) is 5.92 Å². The van der Waals surface area contributed by atoms with Crippen molar-refractivity contribution >= 4 is 11.7 Å². The Bertz CT molecular complexity index is 348. The number of rotatable bonds is 4. The van der Waals surface area contributed by atoms with Gasteiger partial charge in [-0.15, -0.1) is 0 Å². The molecule has 0 aromatic heterocycles. The third-order valence-electron chi connectivity index (χ3n) is 1.90. The van der Waals surface area contributed by atoms with Gasteiger partial charge in [-0.05, 0) is 12.1 Å². The first-order valence-corrected chi connectivity index (χ1v) is 4.42. The minimum Gasteiger partial charge on any atom is -0.481 e. The van der Waals surface area contributed by atoms with Crippen molar-refractivity contribution in [3.63, 3.8) is 0 Å². The van der Waals surface area contributed by atoms with Crippen molar-refractivity contribution < 1.29 is 18.7 Å². The zero-order valence-electron chi connectivity index (χ0n) is 8.13. The molecule has 0 amide bonds. The van der Waals surface area contributed by atoms with Crippen molar-refractivity contribution in [2.75, 3.05) is 11.9 Å². The Kier molecular flexibility index (Phi) is 3.60. The summed E-state index contributed by atoms with van der Waals surface area (Å²) in [6.45, 7) is 1.63. The summed E-state index contributed by atoms with van der Waals surface area (Å²) in [4.78, 5) is 10.5. The topological polar surface area (TPSA) is 49.3 Å². The highest BCUT2D eigenvalue weighted by Gasteiger charge is 2.10. The second-order valence-electron chi connectivity index (χ2n) is 3.28. The quantitative estimate of drug-likeness (QED) is 0.808. The number of hydrogen-bond donors (Lipinski definition) is 2. The molecule has 0 saturated heterocycles. The first kappa shape index (κ1) is 11.4. The van der Waals surface area contributed by atoms with Crippen molar-refractivity contribution in [3.05, 3.63) is 29.8 Å². The summed E-state index contributed by atoms with van der Waals surface area (Å²) in [5.74, 6) is -2.96. The molecule has 5 heteroatoms. The molecule has 82 valence electrons. The highest BCUT2D eigenvalue weighted by atomic mass is 19.1. The van der Waals surface area contributed by atoms with Gasteiger partial charge in [0.2, 0.25) is 0 Å². The van der Waals surface area contributed by atoms with Crippen molar-refractivity contribution in [2.45, 2.75) is 6.92 Å². The molecule has 1 rings (SSSR count). The average molecular weight is 215 g/mol. The first-order chi connectivity index (χ1) is 6.99. The summed E-state index contributed by atoms with van der Waals surface area (Å²) in [7, 11) is 0. The lowest BCUT2D eigenvalue weighted by molar-refractivity contribution is -0.140. The third kappa shape index (κ3) is 3.53. The lowest BCUT2D eigenvalue weighted by atomic mass is 10.2. The van der Waals surface area contributed by atoms with Crippen LogP contribution in [0.1, 0.15) is 6.92 Å². The Hall–Kier alpha value is -1.65. The van der Waals surface area contributed by atoms with E-state index in [1.807, 2.05) is 0 Å². The van der Waals surface area contributed by atoms with Crippen LogP contribution in [0.2, 0.25) is 0 Å². The molecule has 15 heavy (non-hydrogen) atoms. The number of nitrogens with one attached hydrogen (secondary N) is 1. The highest BCUT2D eigenvalue weighted by Crippen LogP contribution is 2.13. The zero-order chi connectivity index (χ0) is 11.4. The SMILES string of the molecule is CC(CNc1cc(F)cc(F)c1)C(=O)O. The molecule has 0 aliphatic heterocycles. The largest absolute Gasteiger partial charge is 0.481 e. The van der Waals surface area contributed by atoms with E-state index in [1.54, 1.807) is 0 Å². The molecule has 0 spiro atoms. The van der Waals surface area contributed by atoms with E-state index in [0.717, 1.165) is 18.2 Å². The van der Waals surface area contributed by atoms with Crippen LogP contribution in [0.5, 0.6) is 0 Å². The van der Waals surface area contributed by atoms with Gasteiger partial charge in [-0.25, -0.2) is 8.78 Å². The maximum atomic E-state index is 12.7. The zero-order valence-corrected chi connectivity index (χ0v) is 8.13. The molecule has 0 aliphatic carbocycles. The van der Waals surface area contributed by atoms with E-state index in [2.05, 4.69) is 5.32 Å². The number of carbonyl (C=O) groups is 1. The Labute approximate surface area is 85.7 Å². The van der Waals surface area contributed by atoms with Gasteiger partial charge in [-0.3, -0.25) is 4.79 Å². The molecule has 1 atom stereocenters. The molecule has 1 unspecified atom stereocenters. The van der Waals surface area contributed by atoms with Gasteiger partial charge in [0.15, 0.2) is 0 Å². The molecular formula is C10H11F2NO2. The number of carboxylic acids is 1. The van der Waals surface area contributed by atoms with Crippen LogP contribution in [0.3, 0.4) is 0 Å². The summed E-state index contributed by atoms with van der Waals surface area (Å²) < 4.78 is 25.4. The molecule has 0 bridgehead atoms. The van der Waals surface area contributed by atoms with Gasteiger partial charge in [0.25, 0.3) is 0 Å². The number of aliphatic carboxylic acids is 1. The Morgan fingerprint density at radius 3 is 2.40 bits per heavy atom. The molecule has 0 radical (unpaired) electrons. The molecule has 0 fully saturated rings. The highest BCUT2D eigenvalue weighted by molar-refractivity contribution is 5.70. The molecule has 0 aliphatic rings. The van der Waals surface area contributed by atoms with Crippen LogP contribution in [-0.2, 0) is 4.79 Å². The van der Waals surface area contributed by atoms with Crippen LogP contribution in [0, 0.1) is 17.6 Å². The Morgan fingerprint density at radius 2 is 1.93 bits per heavy atom. The standard InChI is InChI=1S/C10H11F2NO2/c1-6(10(14)15)5-13-9-3-7(11)2-8(12)4-9/h2-4,6,13H,5H2,1H3,(H,14,15). The molecule has 0 heterocycles. The third-order valence-corrected chi connectivity index (χ3v) is 1.90. The second kappa shape index (κ2) is 4.72. The monoisotopic (exact) mass is 215 g/mol. The van der Waals surface area contributed by atoms with E-state index < -0.39 is 23.5 Å². The summed E-state index contributed by atoms with van der Waals surface area (Å²) >= 11 is 0. The van der Waals surface area contributed by atoms with E-state index in [4.69, 9.17) is 5.11 Å². The van der Waals surface area contributed by atoms with E-state index in [-0.39, 0.29) is 12.2 Å². The van der Waals surface area contributed by atoms with Crippen LogP contribution in [0.4, 0.5) is 14.5 Å². The fourth-order valence-electron chi connectivity index (χ4n) is 1.01. The van der Waals surface area contributed by atoms with Crippen molar-refractivity contribution in [1.29, 1.82) is 0 Å². The normalized spacial score (nSPS) is 12.2. The van der Waals surface area contributed by atoms with Crippen molar-refractivity contribution in [1.82, 2.24) is 0 Å². The molecule has 0 saturated carbocycles. The summed E-state index contributed by atoms with van der Waals surface area (Å²) in [6, 6.07) is 2.97. The van der Waals surface area contributed by atoms with Crippen LogP contribution >= 0.6 is 0 Å². The van der Waals surface area contributed by atoms with Gasteiger partial charge in [-0.2, -0.15) is 0 Å². The van der Waals surface area contributed by atoms with Crippen LogP contribution in [0.15, 0.2) is 18.2 Å². The Morgan fingerprint density at radius 1 is 1.40 bits per heavy atom. The maximum Gasteiger partial charge on any atom is 0.308 e. The predicted molar refractivity (Wildman–Crippen MR) is 51.6 cm³/mol. The fourth-order valence-corrected chi connectivity index (χ4v) is 1.01. The first-order valence-electron chi connectivity index (χ1n) is 4.42. The van der Waals surface area contributed by atoms with Crippen molar-refractivity contribution in [3.8, 4) is 0 Å². The van der Waals surface area contributed by atoms with Gasteiger partial charge in [0.05, 0.1) is 5.92 Å². The van der Waals surface area contributed by atoms with E-state index in [1.165, 1.54) is 6.92 Å². The number of hydrogen-bond acceptors (Lipinski definition) is 2. The summed E-state index contributed by atoms with van der Waals surface area (Å²) in [6.07, 6.45) is 0. The smallest absolute Gasteiger partial charge is 0.308 e. The van der Waals surface area contributed by atoms with Crippen LogP contribution < -0.4 is 5.32 Å². The fraction of sp³-hybridized carbons (Fsp3) is 0.300. The minimum atomic E-state index is -0.959. The Balaban J connectivity index is 2.61. The lowest BCUT2D eigenvalue weighted by Crippen LogP contribution is -2.19.